The van der Waals surface area contributed by atoms with E-state index in [1.54, 1.807) is 0 Å². The van der Waals surface area contributed by atoms with Gasteiger partial charge in [-0.05, 0) is 56.1 Å². The third kappa shape index (κ3) is 3.84. The lowest BCUT2D eigenvalue weighted by Gasteiger charge is -2.19. The van der Waals surface area contributed by atoms with Crippen molar-refractivity contribution in [2.24, 2.45) is 0 Å². The molecule has 0 aliphatic carbocycles. The number of likely N-dealkylation sites (N-methyl/N-ethyl adjacent to an activating group) is 1. The van der Waals surface area contributed by atoms with Gasteiger partial charge < -0.3 is 10.1 Å². The van der Waals surface area contributed by atoms with Crippen LogP contribution in [0, 0.1) is 13.8 Å². The number of hydrogen-bond acceptors (Lipinski definition) is 2. The van der Waals surface area contributed by atoms with E-state index in [4.69, 9.17) is 4.74 Å². The Labute approximate surface area is 121 Å². The molecule has 0 saturated carbocycles. The lowest BCUT2D eigenvalue weighted by molar-refractivity contribution is 0.269. The summed E-state index contributed by atoms with van der Waals surface area (Å²) in [4.78, 5) is 0. The van der Waals surface area contributed by atoms with Crippen molar-refractivity contribution in [1.29, 1.82) is 0 Å². The largest absolute Gasteiger partial charge is 0.492 e. The second-order valence-electron chi connectivity index (χ2n) is 5.18. The molecule has 0 heterocycles. The van der Waals surface area contributed by atoms with Crippen LogP contribution in [0.1, 0.15) is 16.7 Å². The summed E-state index contributed by atoms with van der Waals surface area (Å²) in [6, 6.07) is 16.7. The van der Waals surface area contributed by atoms with Crippen molar-refractivity contribution < 1.29 is 4.74 Å². The minimum Gasteiger partial charge on any atom is -0.492 e. The van der Waals surface area contributed by atoms with E-state index in [2.05, 4.69) is 37.4 Å². The molecule has 2 nitrogen and oxygen atoms in total. The molecule has 0 aromatic heterocycles. The Morgan fingerprint density at radius 3 is 2.20 bits per heavy atom. The summed E-state index contributed by atoms with van der Waals surface area (Å²) < 4.78 is 5.85. The molecule has 0 saturated heterocycles. The maximum atomic E-state index is 5.85. The van der Waals surface area contributed by atoms with Crippen LogP contribution in [0.3, 0.4) is 0 Å². The fraction of sp³-hybridized carbons (Fsp3) is 0.333. The number of para-hydroxylation sites is 1. The first-order valence-electron chi connectivity index (χ1n) is 7.11. The smallest absolute Gasteiger partial charge is 0.119 e. The van der Waals surface area contributed by atoms with E-state index < -0.39 is 0 Å². The Morgan fingerprint density at radius 1 is 0.950 bits per heavy atom. The maximum absolute atomic E-state index is 5.85. The average Bonchev–Trinajstić information content (AvgIpc) is 2.47. The fourth-order valence-corrected chi connectivity index (χ4v) is 2.38. The molecule has 2 rings (SSSR count). The first-order valence-corrected chi connectivity index (χ1v) is 7.11. The Bertz CT molecular complexity index is 516. The van der Waals surface area contributed by atoms with Gasteiger partial charge in [-0.3, -0.25) is 0 Å². The number of benzene rings is 2. The molecule has 106 valence electrons. The number of rotatable bonds is 6. The van der Waals surface area contributed by atoms with Gasteiger partial charge in [-0.25, -0.2) is 0 Å². The quantitative estimate of drug-likeness (QED) is 0.866. The van der Waals surface area contributed by atoms with Crippen molar-refractivity contribution in [3.8, 4) is 5.75 Å². The molecule has 0 spiro atoms. The van der Waals surface area contributed by atoms with Crippen LogP contribution in [-0.2, 0) is 6.42 Å². The molecule has 2 heteroatoms. The second kappa shape index (κ2) is 7.11. The van der Waals surface area contributed by atoms with Crippen LogP contribution in [0.15, 0.2) is 48.5 Å². The van der Waals surface area contributed by atoms with E-state index in [1.165, 1.54) is 16.7 Å². The Morgan fingerprint density at radius 2 is 1.60 bits per heavy atom. The molecule has 0 fully saturated rings. The highest BCUT2D eigenvalue weighted by molar-refractivity contribution is 5.34. The van der Waals surface area contributed by atoms with Crippen LogP contribution in [-0.4, -0.2) is 19.7 Å². The van der Waals surface area contributed by atoms with Crippen molar-refractivity contribution >= 4 is 0 Å². The zero-order valence-corrected chi connectivity index (χ0v) is 12.5. The van der Waals surface area contributed by atoms with Gasteiger partial charge in [0.2, 0.25) is 0 Å². The van der Waals surface area contributed by atoms with Gasteiger partial charge in [0, 0.05) is 6.04 Å². The summed E-state index contributed by atoms with van der Waals surface area (Å²) >= 11 is 0. The zero-order valence-electron chi connectivity index (χ0n) is 12.5. The number of ether oxygens (including phenoxy) is 1. The van der Waals surface area contributed by atoms with Crippen molar-refractivity contribution in [3.05, 3.63) is 65.2 Å². The van der Waals surface area contributed by atoms with Gasteiger partial charge in [0.05, 0.1) is 0 Å². The zero-order chi connectivity index (χ0) is 14.4. The number of nitrogens with one attached hydrogen (secondary N) is 1. The number of aryl methyl sites for hydroxylation is 2. The summed E-state index contributed by atoms with van der Waals surface area (Å²) in [5, 5.41) is 3.35. The Kier molecular flexibility index (Phi) is 5.19. The molecular formula is C18H23NO. The van der Waals surface area contributed by atoms with Crippen molar-refractivity contribution in [2.45, 2.75) is 26.3 Å². The number of hydrogen-bond donors (Lipinski definition) is 1. The molecule has 0 amide bonds. The van der Waals surface area contributed by atoms with Gasteiger partial charge in [-0.1, -0.05) is 36.4 Å². The van der Waals surface area contributed by atoms with Crippen LogP contribution in [0.25, 0.3) is 0 Å². The normalized spacial score (nSPS) is 12.2. The van der Waals surface area contributed by atoms with Crippen molar-refractivity contribution in [3.63, 3.8) is 0 Å². The summed E-state index contributed by atoms with van der Waals surface area (Å²) in [6.45, 7) is 5.02. The average molecular weight is 269 g/mol. The van der Waals surface area contributed by atoms with Crippen LogP contribution in [0.4, 0.5) is 0 Å². The topological polar surface area (TPSA) is 21.3 Å². The second-order valence-corrected chi connectivity index (χ2v) is 5.18. The van der Waals surface area contributed by atoms with Crippen LogP contribution in [0.5, 0.6) is 5.75 Å². The summed E-state index contributed by atoms with van der Waals surface area (Å²) in [5.74, 6) is 0.925. The van der Waals surface area contributed by atoms with Crippen molar-refractivity contribution in [2.75, 3.05) is 13.7 Å². The molecule has 2 aromatic rings. The SMILES string of the molecule is CNC(COc1ccccc1)Cc1c(C)cccc1C. The van der Waals surface area contributed by atoms with E-state index in [1.807, 2.05) is 37.4 Å². The predicted molar refractivity (Wildman–Crippen MR) is 84.4 cm³/mol. The Balaban J connectivity index is 1.99. The van der Waals surface area contributed by atoms with E-state index in [0.29, 0.717) is 12.6 Å². The molecule has 2 aromatic carbocycles. The summed E-state index contributed by atoms with van der Waals surface area (Å²) in [7, 11) is 1.99. The van der Waals surface area contributed by atoms with Gasteiger partial charge in [0.1, 0.15) is 12.4 Å². The highest BCUT2D eigenvalue weighted by atomic mass is 16.5. The fourth-order valence-electron chi connectivity index (χ4n) is 2.38. The minimum absolute atomic E-state index is 0.315. The lowest BCUT2D eigenvalue weighted by Crippen LogP contribution is -2.34. The minimum atomic E-state index is 0.315. The highest BCUT2D eigenvalue weighted by Crippen LogP contribution is 2.16. The van der Waals surface area contributed by atoms with Crippen LogP contribution in [0.2, 0.25) is 0 Å². The molecular weight excluding hydrogens is 246 g/mol. The van der Waals surface area contributed by atoms with Crippen LogP contribution < -0.4 is 10.1 Å². The molecule has 20 heavy (non-hydrogen) atoms. The van der Waals surface area contributed by atoms with E-state index in [0.717, 1.165) is 12.2 Å². The molecule has 1 unspecified atom stereocenters. The molecule has 0 radical (unpaired) electrons. The predicted octanol–water partition coefficient (Wildman–Crippen LogP) is 3.51. The van der Waals surface area contributed by atoms with E-state index >= 15 is 0 Å². The van der Waals surface area contributed by atoms with Gasteiger partial charge in [0.25, 0.3) is 0 Å². The van der Waals surface area contributed by atoms with Gasteiger partial charge in [-0.2, -0.15) is 0 Å². The van der Waals surface area contributed by atoms with E-state index in [-0.39, 0.29) is 0 Å². The van der Waals surface area contributed by atoms with Gasteiger partial charge in [0.15, 0.2) is 0 Å². The first-order chi connectivity index (χ1) is 9.70. The molecule has 0 aliphatic heterocycles. The Hall–Kier alpha value is -1.80. The maximum Gasteiger partial charge on any atom is 0.119 e. The molecule has 1 N–H and O–H groups in total. The summed E-state index contributed by atoms with van der Waals surface area (Å²) in [6.07, 6.45) is 0.988. The summed E-state index contributed by atoms with van der Waals surface area (Å²) in [5.41, 5.74) is 4.12. The van der Waals surface area contributed by atoms with E-state index in [9.17, 15) is 0 Å². The highest BCUT2D eigenvalue weighted by Gasteiger charge is 2.11. The lowest BCUT2D eigenvalue weighted by atomic mass is 9.97. The third-order valence-electron chi connectivity index (χ3n) is 3.70. The standard InChI is InChI=1S/C18H23NO/c1-14-8-7-9-15(2)18(14)12-16(19-3)13-20-17-10-5-4-6-11-17/h4-11,16,19H,12-13H2,1-3H3. The first kappa shape index (κ1) is 14.6. The van der Waals surface area contributed by atoms with Crippen molar-refractivity contribution in [1.82, 2.24) is 5.32 Å². The molecule has 1 atom stereocenters. The molecule has 0 aliphatic rings. The van der Waals surface area contributed by atoms with Crippen LogP contribution >= 0.6 is 0 Å². The molecule has 0 bridgehead atoms. The van der Waals surface area contributed by atoms with Gasteiger partial charge >= 0.3 is 0 Å². The third-order valence-corrected chi connectivity index (χ3v) is 3.70. The van der Waals surface area contributed by atoms with Gasteiger partial charge in [-0.15, -0.1) is 0 Å². The monoisotopic (exact) mass is 269 g/mol.